The number of hydrogen-bond donors (Lipinski definition) is 1. The fraction of sp³-hybridized carbons (Fsp3) is 1.00. The minimum atomic E-state index is 0.380. The normalized spacial score (nSPS) is 17.8. The molecule has 78 valence electrons. The molecule has 0 spiro atoms. The molecular formula is C10H21NO2. The number of rotatable bonds is 7. The summed E-state index contributed by atoms with van der Waals surface area (Å²) in [6, 6.07) is 0. The van der Waals surface area contributed by atoms with Gasteiger partial charge in [-0.25, -0.2) is 0 Å². The van der Waals surface area contributed by atoms with E-state index < -0.39 is 0 Å². The minimum absolute atomic E-state index is 0.380. The maximum atomic E-state index is 5.52. The molecule has 1 aliphatic heterocycles. The molecule has 0 aliphatic carbocycles. The van der Waals surface area contributed by atoms with Gasteiger partial charge in [0.15, 0.2) is 0 Å². The van der Waals surface area contributed by atoms with Gasteiger partial charge < -0.3 is 14.8 Å². The molecule has 1 fully saturated rings. The molecule has 1 heterocycles. The van der Waals surface area contributed by atoms with E-state index >= 15 is 0 Å². The predicted octanol–water partition coefficient (Wildman–Crippen LogP) is 1.04. The molecule has 0 aromatic rings. The maximum absolute atomic E-state index is 5.52. The lowest BCUT2D eigenvalue weighted by Gasteiger charge is -2.25. The van der Waals surface area contributed by atoms with Crippen LogP contribution in [0.25, 0.3) is 0 Å². The van der Waals surface area contributed by atoms with Gasteiger partial charge >= 0.3 is 0 Å². The molecule has 0 aromatic carbocycles. The van der Waals surface area contributed by atoms with Crippen LogP contribution in [-0.2, 0) is 9.47 Å². The average molecular weight is 187 g/mol. The van der Waals surface area contributed by atoms with Gasteiger partial charge in [-0.05, 0) is 25.4 Å². The third-order valence-corrected chi connectivity index (χ3v) is 2.01. The second kappa shape index (κ2) is 6.35. The molecule has 13 heavy (non-hydrogen) atoms. The fourth-order valence-electron chi connectivity index (χ4n) is 1.15. The Hall–Kier alpha value is -0.120. The summed E-state index contributed by atoms with van der Waals surface area (Å²) in [5, 5.41) is 3.38. The Kier molecular flexibility index (Phi) is 5.35. The van der Waals surface area contributed by atoms with E-state index in [-0.39, 0.29) is 0 Å². The monoisotopic (exact) mass is 187 g/mol. The third kappa shape index (κ3) is 5.24. The Morgan fingerprint density at radius 2 is 2.23 bits per heavy atom. The van der Waals surface area contributed by atoms with E-state index in [0.717, 1.165) is 45.2 Å². The topological polar surface area (TPSA) is 30.5 Å². The second-order valence-electron chi connectivity index (χ2n) is 3.98. The smallest absolute Gasteiger partial charge is 0.104 e. The highest BCUT2D eigenvalue weighted by Gasteiger charge is 2.17. The van der Waals surface area contributed by atoms with Crippen LogP contribution in [0, 0.1) is 5.92 Å². The zero-order valence-corrected chi connectivity index (χ0v) is 8.71. The molecule has 1 saturated heterocycles. The lowest BCUT2D eigenvalue weighted by molar-refractivity contribution is -0.129. The minimum Gasteiger partial charge on any atom is -0.376 e. The van der Waals surface area contributed by atoms with Crippen molar-refractivity contribution >= 4 is 0 Å². The van der Waals surface area contributed by atoms with Crippen molar-refractivity contribution in [2.75, 3.05) is 32.9 Å². The molecule has 3 nitrogen and oxygen atoms in total. The maximum Gasteiger partial charge on any atom is 0.104 e. The molecule has 3 heteroatoms. The van der Waals surface area contributed by atoms with E-state index in [1.165, 1.54) is 0 Å². The van der Waals surface area contributed by atoms with E-state index in [1.54, 1.807) is 0 Å². The lowest BCUT2D eigenvalue weighted by atomic mass is 10.2. The van der Waals surface area contributed by atoms with Crippen LogP contribution in [0.2, 0.25) is 0 Å². The molecular weight excluding hydrogens is 166 g/mol. The highest BCUT2D eigenvalue weighted by Crippen LogP contribution is 2.04. The molecule has 0 aromatic heterocycles. The van der Waals surface area contributed by atoms with Gasteiger partial charge in [0.1, 0.15) is 6.10 Å². The summed E-state index contributed by atoms with van der Waals surface area (Å²) in [5.41, 5.74) is 0. The molecule has 0 amide bonds. The van der Waals surface area contributed by atoms with Crippen molar-refractivity contribution in [1.29, 1.82) is 0 Å². The van der Waals surface area contributed by atoms with Gasteiger partial charge in [0, 0.05) is 6.61 Å². The first-order valence-electron chi connectivity index (χ1n) is 5.19. The molecule has 0 saturated carbocycles. The van der Waals surface area contributed by atoms with Crippen molar-refractivity contribution in [3.63, 3.8) is 0 Å². The lowest BCUT2D eigenvalue weighted by Crippen LogP contribution is -2.36. The largest absolute Gasteiger partial charge is 0.376 e. The molecule has 1 rings (SSSR count). The Morgan fingerprint density at radius 1 is 1.46 bits per heavy atom. The van der Waals surface area contributed by atoms with E-state index in [0.29, 0.717) is 6.10 Å². The second-order valence-corrected chi connectivity index (χ2v) is 3.98. The molecule has 0 atom stereocenters. The van der Waals surface area contributed by atoms with Crippen LogP contribution < -0.4 is 5.32 Å². The summed E-state index contributed by atoms with van der Waals surface area (Å²) in [6.07, 6.45) is 1.48. The van der Waals surface area contributed by atoms with Crippen LogP contribution in [-0.4, -0.2) is 39.0 Å². The quantitative estimate of drug-likeness (QED) is 0.604. The van der Waals surface area contributed by atoms with Crippen LogP contribution in [0.4, 0.5) is 0 Å². The first-order chi connectivity index (χ1) is 6.29. The summed E-state index contributed by atoms with van der Waals surface area (Å²) < 4.78 is 10.5. The summed E-state index contributed by atoms with van der Waals surface area (Å²) in [7, 11) is 0. The Balaban J connectivity index is 1.73. The Bertz CT molecular complexity index is 124. The van der Waals surface area contributed by atoms with E-state index in [4.69, 9.17) is 9.47 Å². The van der Waals surface area contributed by atoms with Crippen molar-refractivity contribution in [2.45, 2.75) is 26.4 Å². The fourth-order valence-corrected chi connectivity index (χ4v) is 1.15. The van der Waals surface area contributed by atoms with E-state index in [1.807, 2.05) is 0 Å². The standard InChI is InChI=1S/C10H21NO2/c1-9(2)6-11-4-3-5-13-10-7-12-8-10/h9-11H,3-8H2,1-2H3. The zero-order valence-electron chi connectivity index (χ0n) is 8.71. The Labute approximate surface area is 80.8 Å². The number of nitrogens with one attached hydrogen (secondary N) is 1. The average Bonchev–Trinajstić information content (AvgIpc) is 1.99. The third-order valence-electron chi connectivity index (χ3n) is 2.01. The van der Waals surface area contributed by atoms with Gasteiger partial charge in [-0.1, -0.05) is 13.8 Å². The van der Waals surface area contributed by atoms with Crippen molar-refractivity contribution in [3.05, 3.63) is 0 Å². The molecule has 1 N–H and O–H groups in total. The summed E-state index contributed by atoms with van der Waals surface area (Å²) in [5.74, 6) is 0.737. The Morgan fingerprint density at radius 3 is 2.77 bits per heavy atom. The van der Waals surface area contributed by atoms with Crippen LogP contribution in [0.3, 0.4) is 0 Å². The van der Waals surface area contributed by atoms with Crippen molar-refractivity contribution in [2.24, 2.45) is 5.92 Å². The number of ether oxygens (including phenoxy) is 2. The van der Waals surface area contributed by atoms with Gasteiger partial charge in [-0.2, -0.15) is 0 Å². The van der Waals surface area contributed by atoms with Gasteiger partial charge in [0.2, 0.25) is 0 Å². The molecule has 0 bridgehead atoms. The highest BCUT2D eigenvalue weighted by molar-refractivity contribution is 4.64. The van der Waals surface area contributed by atoms with Crippen LogP contribution in [0.1, 0.15) is 20.3 Å². The SMILES string of the molecule is CC(C)CNCCCOC1COC1. The van der Waals surface area contributed by atoms with Crippen molar-refractivity contribution in [3.8, 4) is 0 Å². The van der Waals surface area contributed by atoms with E-state index in [9.17, 15) is 0 Å². The van der Waals surface area contributed by atoms with Crippen LogP contribution in [0.5, 0.6) is 0 Å². The van der Waals surface area contributed by atoms with Crippen molar-refractivity contribution < 1.29 is 9.47 Å². The van der Waals surface area contributed by atoms with Gasteiger partial charge in [-0.15, -0.1) is 0 Å². The predicted molar refractivity (Wildman–Crippen MR) is 52.9 cm³/mol. The first kappa shape index (κ1) is 11.0. The summed E-state index contributed by atoms with van der Waals surface area (Å²) in [6.45, 7) is 9.04. The first-order valence-corrected chi connectivity index (χ1v) is 5.19. The molecule has 0 radical (unpaired) electrons. The summed E-state index contributed by atoms with van der Waals surface area (Å²) in [4.78, 5) is 0. The molecule has 1 aliphatic rings. The van der Waals surface area contributed by atoms with Crippen LogP contribution in [0.15, 0.2) is 0 Å². The van der Waals surface area contributed by atoms with Crippen molar-refractivity contribution in [1.82, 2.24) is 5.32 Å². The highest BCUT2D eigenvalue weighted by atomic mass is 16.6. The van der Waals surface area contributed by atoms with Gasteiger partial charge in [0.05, 0.1) is 13.2 Å². The molecule has 0 unspecified atom stereocenters. The number of hydrogen-bond acceptors (Lipinski definition) is 3. The van der Waals surface area contributed by atoms with Gasteiger partial charge in [-0.3, -0.25) is 0 Å². The van der Waals surface area contributed by atoms with Crippen LogP contribution >= 0.6 is 0 Å². The van der Waals surface area contributed by atoms with E-state index in [2.05, 4.69) is 19.2 Å². The van der Waals surface area contributed by atoms with Gasteiger partial charge in [0.25, 0.3) is 0 Å². The summed E-state index contributed by atoms with van der Waals surface area (Å²) >= 11 is 0. The zero-order chi connectivity index (χ0) is 9.52.